The van der Waals surface area contributed by atoms with Crippen LogP contribution in [0.2, 0.25) is 0 Å². The molecule has 0 atom stereocenters. The fraction of sp³-hybridized carbons (Fsp3) is 0.412. The number of nitrogens with one attached hydrogen (secondary N) is 1. The number of anilines is 1. The zero-order valence-corrected chi connectivity index (χ0v) is 16.0. The monoisotopic (exact) mass is 379 g/mol. The van der Waals surface area contributed by atoms with E-state index in [1.54, 1.807) is 17.9 Å². The van der Waals surface area contributed by atoms with E-state index >= 15 is 0 Å². The first kappa shape index (κ1) is 19.9. The Morgan fingerprint density at radius 2 is 1.92 bits per heavy atom. The van der Waals surface area contributed by atoms with Crippen LogP contribution in [0.3, 0.4) is 0 Å². The van der Waals surface area contributed by atoms with Gasteiger partial charge in [-0.25, -0.2) is 4.39 Å². The van der Waals surface area contributed by atoms with Gasteiger partial charge in [0, 0.05) is 18.3 Å². The molecule has 0 bridgehead atoms. The summed E-state index contributed by atoms with van der Waals surface area (Å²) in [5, 5.41) is 11.0. The average molecular weight is 379 g/mol. The zero-order valence-electron chi connectivity index (χ0n) is 15.2. The number of halogens is 1. The van der Waals surface area contributed by atoms with Gasteiger partial charge in [-0.15, -0.1) is 10.2 Å². The molecule has 0 radical (unpaired) electrons. The molecule has 2 aromatic rings. The Morgan fingerprint density at radius 1 is 1.27 bits per heavy atom. The van der Waals surface area contributed by atoms with Gasteiger partial charge in [0.15, 0.2) is 5.16 Å². The number of hydrogen-bond donors (Lipinski definition) is 1. The Morgan fingerprint density at radius 3 is 2.46 bits per heavy atom. The molecule has 9 heteroatoms. The summed E-state index contributed by atoms with van der Waals surface area (Å²) in [7, 11) is 1.80. The standard InChI is InChI=1S/C17H22FN5O2S/c1-17(2,3)23(15(25)10-26-16-21-19-11-22(16)4)9-14(24)20-13-7-5-12(18)6-8-13/h5-8,11H,9-10H2,1-4H3,(H,20,24). The summed E-state index contributed by atoms with van der Waals surface area (Å²) in [5.74, 6) is -0.758. The third kappa shape index (κ3) is 5.55. The van der Waals surface area contributed by atoms with E-state index in [-0.39, 0.29) is 29.9 Å². The predicted molar refractivity (Wildman–Crippen MR) is 98.2 cm³/mol. The Balaban J connectivity index is 1.99. The molecule has 0 aliphatic heterocycles. The molecule has 1 aromatic carbocycles. The van der Waals surface area contributed by atoms with Gasteiger partial charge in [-0.3, -0.25) is 9.59 Å². The van der Waals surface area contributed by atoms with Crippen molar-refractivity contribution in [1.82, 2.24) is 19.7 Å². The number of thioether (sulfide) groups is 1. The van der Waals surface area contributed by atoms with Gasteiger partial charge in [-0.1, -0.05) is 11.8 Å². The van der Waals surface area contributed by atoms with Crippen molar-refractivity contribution in [3.63, 3.8) is 0 Å². The van der Waals surface area contributed by atoms with Gasteiger partial charge in [0.2, 0.25) is 11.8 Å². The van der Waals surface area contributed by atoms with Crippen molar-refractivity contribution in [3.05, 3.63) is 36.4 Å². The van der Waals surface area contributed by atoms with Gasteiger partial charge in [0.1, 0.15) is 18.7 Å². The Bertz CT molecular complexity index is 770. The van der Waals surface area contributed by atoms with Gasteiger partial charge in [0.05, 0.1) is 5.75 Å². The molecule has 0 saturated carbocycles. The van der Waals surface area contributed by atoms with E-state index in [2.05, 4.69) is 15.5 Å². The molecule has 2 amide bonds. The lowest BCUT2D eigenvalue weighted by Crippen LogP contribution is -2.50. The summed E-state index contributed by atoms with van der Waals surface area (Å²) < 4.78 is 14.7. The second kappa shape index (κ2) is 8.31. The SMILES string of the molecule is Cn1cnnc1SCC(=O)N(CC(=O)Nc1ccc(F)cc1)C(C)(C)C. The number of rotatable bonds is 6. The molecular weight excluding hydrogens is 357 g/mol. The van der Waals surface area contributed by atoms with Gasteiger partial charge >= 0.3 is 0 Å². The Hall–Kier alpha value is -2.42. The van der Waals surface area contributed by atoms with Crippen LogP contribution in [0.4, 0.5) is 10.1 Å². The topological polar surface area (TPSA) is 80.1 Å². The molecule has 0 spiro atoms. The van der Waals surface area contributed by atoms with Crippen LogP contribution in [-0.4, -0.2) is 49.3 Å². The van der Waals surface area contributed by atoms with Crippen molar-refractivity contribution in [3.8, 4) is 0 Å². The number of nitrogens with zero attached hydrogens (tertiary/aromatic N) is 4. The fourth-order valence-electron chi connectivity index (χ4n) is 2.18. The second-order valence-electron chi connectivity index (χ2n) is 6.72. The molecule has 0 aliphatic carbocycles. The summed E-state index contributed by atoms with van der Waals surface area (Å²) in [4.78, 5) is 26.5. The highest BCUT2D eigenvalue weighted by atomic mass is 32.2. The van der Waals surface area contributed by atoms with E-state index in [0.29, 0.717) is 10.8 Å². The van der Waals surface area contributed by atoms with Crippen molar-refractivity contribution >= 4 is 29.3 Å². The summed E-state index contributed by atoms with van der Waals surface area (Å²) in [6, 6.07) is 5.47. The molecule has 0 saturated heterocycles. The minimum Gasteiger partial charge on any atom is -0.328 e. The molecule has 140 valence electrons. The Labute approximate surface area is 156 Å². The average Bonchev–Trinajstić information content (AvgIpc) is 2.96. The fourth-order valence-corrected chi connectivity index (χ4v) is 2.95. The van der Waals surface area contributed by atoms with Gasteiger partial charge in [0.25, 0.3) is 0 Å². The highest BCUT2D eigenvalue weighted by Crippen LogP contribution is 2.19. The Kier molecular flexibility index (Phi) is 6.36. The van der Waals surface area contributed by atoms with E-state index < -0.39 is 5.54 Å². The van der Waals surface area contributed by atoms with Gasteiger partial charge in [-0.05, 0) is 45.0 Å². The lowest BCUT2D eigenvalue weighted by atomic mass is 10.1. The number of carbonyl (C=O) groups excluding carboxylic acids is 2. The number of aromatic nitrogens is 3. The van der Waals surface area contributed by atoms with Crippen LogP contribution in [0.5, 0.6) is 0 Å². The lowest BCUT2D eigenvalue weighted by molar-refractivity contribution is -0.137. The first-order valence-electron chi connectivity index (χ1n) is 7.99. The van der Waals surface area contributed by atoms with Crippen LogP contribution in [0.1, 0.15) is 20.8 Å². The molecule has 26 heavy (non-hydrogen) atoms. The van der Waals surface area contributed by atoms with Crippen LogP contribution in [0.25, 0.3) is 0 Å². The molecule has 0 unspecified atom stereocenters. The molecule has 7 nitrogen and oxygen atoms in total. The summed E-state index contributed by atoms with van der Waals surface area (Å²) in [6.45, 7) is 5.49. The molecule has 2 rings (SSSR count). The number of benzene rings is 1. The summed E-state index contributed by atoms with van der Waals surface area (Å²) >= 11 is 1.26. The van der Waals surface area contributed by atoms with Crippen LogP contribution in [0.15, 0.2) is 35.7 Å². The summed E-state index contributed by atoms with van der Waals surface area (Å²) in [5.41, 5.74) is -0.0522. The first-order chi connectivity index (χ1) is 12.2. The maximum absolute atomic E-state index is 12.9. The third-order valence-electron chi connectivity index (χ3n) is 3.54. The molecule has 0 fully saturated rings. The predicted octanol–water partition coefficient (Wildman–Crippen LogP) is 2.31. The van der Waals surface area contributed by atoms with E-state index in [4.69, 9.17) is 0 Å². The van der Waals surface area contributed by atoms with Crippen LogP contribution < -0.4 is 5.32 Å². The number of hydrogen-bond acceptors (Lipinski definition) is 5. The number of carbonyl (C=O) groups is 2. The van der Waals surface area contributed by atoms with E-state index in [9.17, 15) is 14.0 Å². The van der Waals surface area contributed by atoms with Crippen molar-refractivity contribution in [2.24, 2.45) is 7.05 Å². The minimum atomic E-state index is -0.530. The normalized spacial score (nSPS) is 11.3. The third-order valence-corrected chi connectivity index (χ3v) is 4.55. The smallest absolute Gasteiger partial charge is 0.244 e. The van der Waals surface area contributed by atoms with E-state index in [1.807, 2.05) is 20.8 Å². The van der Waals surface area contributed by atoms with Crippen molar-refractivity contribution < 1.29 is 14.0 Å². The second-order valence-corrected chi connectivity index (χ2v) is 7.66. The maximum Gasteiger partial charge on any atom is 0.244 e. The molecule has 1 heterocycles. The van der Waals surface area contributed by atoms with E-state index in [1.165, 1.54) is 40.9 Å². The maximum atomic E-state index is 12.9. The van der Waals surface area contributed by atoms with Gasteiger partial charge < -0.3 is 14.8 Å². The largest absolute Gasteiger partial charge is 0.328 e. The lowest BCUT2D eigenvalue weighted by Gasteiger charge is -2.35. The molecule has 0 aliphatic rings. The zero-order chi connectivity index (χ0) is 19.3. The molecule has 1 aromatic heterocycles. The highest BCUT2D eigenvalue weighted by Gasteiger charge is 2.28. The summed E-state index contributed by atoms with van der Waals surface area (Å²) in [6.07, 6.45) is 1.56. The van der Waals surface area contributed by atoms with Crippen LogP contribution in [-0.2, 0) is 16.6 Å². The number of amides is 2. The molecular formula is C17H22FN5O2S. The van der Waals surface area contributed by atoms with Crippen LogP contribution in [0, 0.1) is 5.82 Å². The number of aryl methyl sites for hydroxylation is 1. The first-order valence-corrected chi connectivity index (χ1v) is 8.98. The van der Waals surface area contributed by atoms with Crippen molar-refractivity contribution in [1.29, 1.82) is 0 Å². The molecule has 1 N–H and O–H groups in total. The van der Waals surface area contributed by atoms with Crippen molar-refractivity contribution in [2.45, 2.75) is 31.5 Å². The minimum absolute atomic E-state index is 0.0981. The van der Waals surface area contributed by atoms with E-state index in [0.717, 1.165) is 0 Å². The van der Waals surface area contributed by atoms with Crippen LogP contribution >= 0.6 is 11.8 Å². The highest BCUT2D eigenvalue weighted by molar-refractivity contribution is 7.99. The van der Waals surface area contributed by atoms with Gasteiger partial charge in [-0.2, -0.15) is 0 Å². The quantitative estimate of drug-likeness (QED) is 0.779. The van der Waals surface area contributed by atoms with Crippen molar-refractivity contribution in [2.75, 3.05) is 17.6 Å².